The topological polar surface area (TPSA) is 56.0 Å². The molecular weight excluding hydrogens is 260 g/mol. The highest BCUT2D eigenvalue weighted by Crippen LogP contribution is 2.25. The molecule has 2 aromatic carbocycles. The smallest absolute Gasteiger partial charge is 0.217 e. The Kier molecular flexibility index (Phi) is 3.65. The minimum absolute atomic E-state index is 0.280. The number of carbonyl (C=O) groups is 1. The van der Waals surface area contributed by atoms with Crippen molar-refractivity contribution in [2.45, 2.75) is 12.8 Å². The van der Waals surface area contributed by atoms with Crippen molar-refractivity contribution in [2.75, 3.05) is 0 Å². The normalized spacial score (nSPS) is 10.7. The van der Waals surface area contributed by atoms with Crippen LogP contribution in [0, 0.1) is 0 Å². The SMILES string of the molecule is NC(=O)CCc1cc(-c2ccccc2)nc2ccccc12. The Morgan fingerprint density at radius 1 is 1.00 bits per heavy atom. The summed E-state index contributed by atoms with van der Waals surface area (Å²) >= 11 is 0. The van der Waals surface area contributed by atoms with Crippen LogP contribution in [0.2, 0.25) is 0 Å². The number of rotatable bonds is 4. The van der Waals surface area contributed by atoms with E-state index in [9.17, 15) is 4.79 Å². The Bertz CT molecular complexity index is 782. The zero-order valence-electron chi connectivity index (χ0n) is 11.6. The molecule has 104 valence electrons. The number of hydrogen-bond acceptors (Lipinski definition) is 2. The maximum absolute atomic E-state index is 11.1. The number of fused-ring (bicyclic) bond motifs is 1. The average molecular weight is 276 g/mol. The molecule has 0 fully saturated rings. The Labute approximate surface area is 123 Å². The van der Waals surface area contributed by atoms with E-state index in [-0.39, 0.29) is 5.91 Å². The number of carbonyl (C=O) groups excluding carboxylic acids is 1. The van der Waals surface area contributed by atoms with Gasteiger partial charge in [-0.25, -0.2) is 4.98 Å². The van der Waals surface area contributed by atoms with Gasteiger partial charge >= 0.3 is 0 Å². The van der Waals surface area contributed by atoms with E-state index in [0.717, 1.165) is 27.7 Å². The van der Waals surface area contributed by atoms with Crippen LogP contribution in [-0.4, -0.2) is 10.9 Å². The van der Waals surface area contributed by atoms with Crippen LogP contribution in [0.5, 0.6) is 0 Å². The molecule has 0 aliphatic heterocycles. The van der Waals surface area contributed by atoms with Gasteiger partial charge in [0.1, 0.15) is 0 Å². The lowest BCUT2D eigenvalue weighted by Gasteiger charge is -2.09. The number of nitrogens with zero attached hydrogens (tertiary/aromatic N) is 1. The number of benzene rings is 2. The number of nitrogens with two attached hydrogens (primary N) is 1. The highest BCUT2D eigenvalue weighted by Gasteiger charge is 2.08. The first-order valence-corrected chi connectivity index (χ1v) is 6.96. The summed E-state index contributed by atoms with van der Waals surface area (Å²) in [5.41, 5.74) is 9.33. The van der Waals surface area contributed by atoms with Gasteiger partial charge in [-0.1, -0.05) is 48.5 Å². The van der Waals surface area contributed by atoms with Crippen molar-refractivity contribution in [1.82, 2.24) is 4.98 Å². The van der Waals surface area contributed by atoms with Gasteiger partial charge in [-0.15, -0.1) is 0 Å². The van der Waals surface area contributed by atoms with Crippen molar-refractivity contribution in [3.05, 3.63) is 66.2 Å². The first-order valence-electron chi connectivity index (χ1n) is 6.96. The number of pyridine rings is 1. The lowest BCUT2D eigenvalue weighted by molar-refractivity contribution is -0.117. The maximum atomic E-state index is 11.1. The fourth-order valence-electron chi connectivity index (χ4n) is 2.47. The Morgan fingerprint density at radius 3 is 2.48 bits per heavy atom. The number of aromatic nitrogens is 1. The molecule has 0 saturated carbocycles. The molecule has 2 N–H and O–H groups in total. The number of aryl methyl sites for hydroxylation is 1. The molecule has 3 nitrogen and oxygen atoms in total. The molecule has 3 rings (SSSR count). The summed E-state index contributed by atoms with van der Waals surface area (Å²) in [5, 5.41) is 1.08. The van der Waals surface area contributed by atoms with Gasteiger partial charge in [-0.2, -0.15) is 0 Å². The fourth-order valence-corrected chi connectivity index (χ4v) is 2.47. The van der Waals surface area contributed by atoms with Crippen LogP contribution < -0.4 is 5.73 Å². The van der Waals surface area contributed by atoms with Crippen molar-refractivity contribution < 1.29 is 4.79 Å². The van der Waals surface area contributed by atoms with Gasteiger partial charge in [0.15, 0.2) is 0 Å². The van der Waals surface area contributed by atoms with Crippen molar-refractivity contribution in [1.29, 1.82) is 0 Å². The molecule has 1 aromatic heterocycles. The fraction of sp³-hybridized carbons (Fsp3) is 0.111. The quantitative estimate of drug-likeness (QED) is 0.794. The minimum Gasteiger partial charge on any atom is -0.370 e. The van der Waals surface area contributed by atoms with Gasteiger partial charge in [0.05, 0.1) is 11.2 Å². The molecule has 0 radical (unpaired) electrons. The number of hydrogen-bond donors (Lipinski definition) is 1. The standard InChI is InChI=1S/C18H16N2O/c19-18(21)11-10-14-12-17(13-6-2-1-3-7-13)20-16-9-5-4-8-15(14)16/h1-9,12H,10-11H2,(H2,19,21). The van der Waals surface area contributed by atoms with Crippen molar-refractivity contribution in [3.63, 3.8) is 0 Å². The Balaban J connectivity index is 2.12. The first kappa shape index (κ1) is 13.3. The van der Waals surface area contributed by atoms with Gasteiger partial charge in [-0.3, -0.25) is 4.79 Å². The summed E-state index contributed by atoms with van der Waals surface area (Å²) in [6, 6.07) is 20.1. The molecule has 3 aromatic rings. The summed E-state index contributed by atoms with van der Waals surface area (Å²) in [4.78, 5) is 15.8. The van der Waals surface area contributed by atoms with E-state index in [2.05, 4.69) is 6.07 Å². The first-order chi connectivity index (χ1) is 10.2. The van der Waals surface area contributed by atoms with Crippen LogP contribution in [-0.2, 0) is 11.2 Å². The van der Waals surface area contributed by atoms with E-state index in [0.29, 0.717) is 12.8 Å². The molecule has 1 amide bonds. The summed E-state index contributed by atoms with van der Waals surface area (Å²) in [6.45, 7) is 0. The van der Waals surface area contributed by atoms with E-state index in [1.807, 2.05) is 54.6 Å². The minimum atomic E-state index is -0.280. The van der Waals surface area contributed by atoms with E-state index in [1.165, 1.54) is 0 Å². The molecule has 21 heavy (non-hydrogen) atoms. The number of para-hydroxylation sites is 1. The van der Waals surface area contributed by atoms with Gasteiger partial charge in [0, 0.05) is 17.4 Å². The van der Waals surface area contributed by atoms with Crippen LogP contribution in [0.1, 0.15) is 12.0 Å². The van der Waals surface area contributed by atoms with Crippen molar-refractivity contribution >= 4 is 16.8 Å². The van der Waals surface area contributed by atoms with E-state index in [4.69, 9.17) is 10.7 Å². The summed E-state index contributed by atoms with van der Waals surface area (Å²) in [7, 11) is 0. The van der Waals surface area contributed by atoms with Crippen LogP contribution >= 0.6 is 0 Å². The molecule has 0 aliphatic carbocycles. The van der Waals surface area contributed by atoms with Crippen molar-refractivity contribution in [3.8, 4) is 11.3 Å². The molecular formula is C18H16N2O. The number of primary amides is 1. The second-order valence-corrected chi connectivity index (χ2v) is 5.02. The second-order valence-electron chi connectivity index (χ2n) is 5.02. The van der Waals surface area contributed by atoms with E-state index < -0.39 is 0 Å². The summed E-state index contributed by atoms with van der Waals surface area (Å²) in [6.07, 6.45) is 0.987. The molecule has 0 bridgehead atoms. The molecule has 0 saturated heterocycles. The van der Waals surface area contributed by atoms with Gasteiger partial charge in [-0.05, 0) is 24.1 Å². The second kappa shape index (κ2) is 5.75. The molecule has 0 unspecified atom stereocenters. The molecule has 0 aliphatic rings. The zero-order valence-corrected chi connectivity index (χ0v) is 11.6. The highest BCUT2D eigenvalue weighted by atomic mass is 16.1. The number of amides is 1. The molecule has 3 heteroatoms. The monoisotopic (exact) mass is 276 g/mol. The third kappa shape index (κ3) is 2.92. The van der Waals surface area contributed by atoms with E-state index >= 15 is 0 Å². The molecule has 1 heterocycles. The van der Waals surface area contributed by atoms with Crippen molar-refractivity contribution in [2.24, 2.45) is 5.73 Å². The third-order valence-corrected chi connectivity index (χ3v) is 3.51. The van der Waals surface area contributed by atoms with Gasteiger partial charge < -0.3 is 5.73 Å². The lowest BCUT2D eigenvalue weighted by atomic mass is 10.0. The molecule has 0 spiro atoms. The largest absolute Gasteiger partial charge is 0.370 e. The predicted octanol–water partition coefficient (Wildman–Crippen LogP) is 3.32. The van der Waals surface area contributed by atoms with E-state index in [1.54, 1.807) is 0 Å². The Hall–Kier alpha value is -2.68. The van der Waals surface area contributed by atoms with Crippen LogP contribution in [0.15, 0.2) is 60.7 Å². The zero-order chi connectivity index (χ0) is 14.7. The van der Waals surface area contributed by atoms with Gasteiger partial charge in [0.2, 0.25) is 5.91 Å². The summed E-state index contributed by atoms with van der Waals surface area (Å²) in [5.74, 6) is -0.280. The van der Waals surface area contributed by atoms with Crippen LogP contribution in [0.25, 0.3) is 22.2 Å². The Morgan fingerprint density at radius 2 is 1.71 bits per heavy atom. The average Bonchev–Trinajstić information content (AvgIpc) is 2.53. The van der Waals surface area contributed by atoms with Crippen LogP contribution in [0.4, 0.5) is 0 Å². The third-order valence-electron chi connectivity index (χ3n) is 3.51. The lowest BCUT2D eigenvalue weighted by Crippen LogP contribution is -2.11. The van der Waals surface area contributed by atoms with Crippen LogP contribution in [0.3, 0.4) is 0 Å². The highest BCUT2D eigenvalue weighted by molar-refractivity contribution is 5.86. The maximum Gasteiger partial charge on any atom is 0.217 e. The summed E-state index contributed by atoms with van der Waals surface area (Å²) < 4.78 is 0. The predicted molar refractivity (Wildman–Crippen MR) is 84.7 cm³/mol. The molecule has 0 atom stereocenters. The van der Waals surface area contributed by atoms with Gasteiger partial charge in [0.25, 0.3) is 0 Å².